The number of nitrogens with zero attached hydrogens (tertiary/aromatic N) is 1. The zero-order chi connectivity index (χ0) is 15.3. The molecule has 2 N–H and O–H groups in total. The van der Waals surface area contributed by atoms with Crippen LogP contribution in [0, 0.1) is 5.92 Å². The van der Waals surface area contributed by atoms with Crippen molar-refractivity contribution < 1.29 is 8.42 Å². The monoisotopic (exact) mass is 311 g/mol. The molecule has 6 heteroatoms. The number of hydrogen-bond acceptors (Lipinski definition) is 4. The van der Waals surface area contributed by atoms with Crippen molar-refractivity contribution in [2.24, 2.45) is 5.92 Å². The van der Waals surface area contributed by atoms with Crippen molar-refractivity contribution in [3.05, 3.63) is 18.5 Å². The summed E-state index contributed by atoms with van der Waals surface area (Å²) in [6, 6.07) is 1.76. The normalized spacial score (nSPS) is 23.0. The molecule has 0 amide bonds. The molecule has 1 heterocycles. The van der Waals surface area contributed by atoms with Crippen molar-refractivity contribution in [1.29, 1.82) is 0 Å². The minimum Gasteiger partial charge on any atom is -0.384 e. The Morgan fingerprint density at radius 1 is 1.38 bits per heavy atom. The number of nitrogens with one attached hydrogen (secondary N) is 2. The van der Waals surface area contributed by atoms with E-state index in [1.54, 1.807) is 12.3 Å². The van der Waals surface area contributed by atoms with E-state index in [4.69, 9.17) is 0 Å². The van der Waals surface area contributed by atoms with E-state index >= 15 is 0 Å². The van der Waals surface area contributed by atoms with Gasteiger partial charge in [0.2, 0.25) is 10.0 Å². The summed E-state index contributed by atoms with van der Waals surface area (Å²) >= 11 is 0. The minimum atomic E-state index is -3.52. The maximum absolute atomic E-state index is 12.6. The van der Waals surface area contributed by atoms with E-state index in [0.29, 0.717) is 11.6 Å². The standard InChI is InChI=1S/C15H25N3O2S/c1-3-8-17-14-7-9-16-11-15(14)21(19,20)18-13-6-4-5-12(2)10-13/h7,9,11-13,18H,3-6,8,10H2,1-2H3,(H,16,17). The summed E-state index contributed by atoms with van der Waals surface area (Å²) in [4.78, 5) is 4.22. The Bertz CT molecular complexity index is 560. The summed E-state index contributed by atoms with van der Waals surface area (Å²) in [5.41, 5.74) is 0.628. The lowest BCUT2D eigenvalue weighted by Crippen LogP contribution is -2.38. The van der Waals surface area contributed by atoms with Crippen LogP contribution in [0.25, 0.3) is 0 Å². The first-order valence-electron chi connectivity index (χ1n) is 7.73. The van der Waals surface area contributed by atoms with Crippen molar-refractivity contribution in [3.8, 4) is 0 Å². The maximum atomic E-state index is 12.6. The Morgan fingerprint density at radius 2 is 2.19 bits per heavy atom. The highest BCUT2D eigenvalue weighted by atomic mass is 32.2. The number of rotatable bonds is 6. The fourth-order valence-corrected chi connectivity index (χ4v) is 4.23. The van der Waals surface area contributed by atoms with Crippen LogP contribution in [0.1, 0.15) is 46.0 Å². The molecular weight excluding hydrogens is 286 g/mol. The SMILES string of the molecule is CCCNc1ccncc1S(=O)(=O)NC1CCCC(C)C1. The first-order chi connectivity index (χ1) is 10.0. The van der Waals surface area contributed by atoms with Gasteiger partial charge in [0.05, 0.1) is 5.69 Å². The van der Waals surface area contributed by atoms with Crippen molar-refractivity contribution in [2.45, 2.75) is 56.9 Å². The molecule has 0 saturated heterocycles. The van der Waals surface area contributed by atoms with Gasteiger partial charge in [-0.2, -0.15) is 0 Å². The molecule has 2 unspecified atom stereocenters. The van der Waals surface area contributed by atoms with Crippen LogP contribution in [0.4, 0.5) is 5.69 Å². The molecule has 1 fully saturated rings. The van der Waals surface area contributed by atoms with E-state index in [1.165, 1.54) is 12.6 Å². The number of sulfonamides is 1. The van der Waals surface area contributed by atoms with E-state index in [2.05, 4.69) is 21.9 Å². The molecule has 1 saturated carbocycles. The summed E-state index contributed by atoms with van der Waals surface area (Å²) in [5.74, 6) is 0.582. The van der Waals surface area contributed by atoms with Crippen LogP contribution in [0.15, 0.2) is 23.4 Å². The summed E-state index contributed by atoms with van der Waals surface area (Å²) < 4.78 is 28.1. The first-order valence-corrected chi connectivity index (χ1v) is 9.21. The van der Waals surface area contributed by atoms with Gasteiger partial charge in [-0.1, -0.05) is 26.7 Å². The Labute approximate surface area is 127 Å². The van der Waals surface area contributed by atoms with Gasteiger partial charge >= 0.3 is 0 Å². The molecule has 5 nitrogen and oxygen atoms in total. The summed E-state index contributed by atoms with van der Waals surface area (Å²) in [5, 5.41) is 3.16. The van der Waals surface area contributed by atoms with Gasteiger partial charge in [-0.25, -0.2) is 13.1 Å². The maximum Gasteiger partial charge on any atom is 0.244 e. The van der Waals surface area contributed by atoms with Crippen LogP contribution in [0.3, 0.4) is 0 Å². The second-order valence-electron chi connectivity index (χ2n) is 5.89. The highest BCUT2D eigenvalue weighted by molar-refractivity contribution is 7.89. The predicted molar refractivity (Wildman–Crippen MR) is 84.8 cm³/mol. The second kappa shape index (κ2) is 7.22. The number of anilines is 1. The first kappa shape index (κ1) is 16.2. The van der Waals surface area contributed by atoms with Gasteiger partial charge in [-0.05, 0) is 31.2 Å². The molecule has 118 valence electrons. The lowest BCUT2D eigenvalue weighted by atomic mass is 9.88. The van der Waals surface area contributed by atoms with Gasteiger partial charge in [-0.15, -0.1) is 0 Å². The van der Waals surface area contributed by atoms with Crippen molar-refractivity contribution >= 4 is 15.7 Å². The fourth-order valence-electron chi connectivity index (χ4n) is 2.82. The molecular formula is C15H25N3O2S. The largest absolute Gasteiger partial charge is 0.384 e. The Morgan fingerprint density at radius 3 is 2.90 bits per heavy atom. The molecule has 1 aliphatic carbocycles. The summed E-state index contributed by atoms with van der Waals surface area (Å²) in [6.45, 7) is 4.97. The van der Waals surface area contributed by atoms with Crippen LogP contribution in [0.5, 0.6) is 0 Å². The van der Waals surface area contributed by atoms with Gasteiger partial charge in [0.15, 0.2) is 0 Å². The van der Waals surface area contributed by atoms with Gasteiger partial charge < -0.3 is 5.32 Å². The molecule has 2 atom stereocenters. The lowest BCUT2D eigenvalue weighted by Gasteiger charge is -2.27. The van der Waals surface area contributed by atoms with E-state index in [-0.39, 0.29) is 10.9 Å². The Hall–Kier alpha value is -1.14. The molecule has 2 rings (SSSR count). The van der Waals surface area contributed by atoms with Gasteiger partial charge in [0.1, 0.15) is 4.90 Å². The molecule has 1 aromatic heterocycles. The molecule has 0 spiro atoms. The van der Waals surface area contributed by atoms with Crippen LogP contribution >= 0.6 is 0 Å². The summed E-state index contributed by atoms with van der Waals surface area (Å²) in [6.07, 6.45) is 8.08. The molecule has 0 radical (unpaired) electrons. The minimum absolute atomic E-state index is 0.0398. The quantitative estimate of drug-likeness (QED) is 0.847. The van der Waals surface area contributed by atoms with Gasteiger partial charge in [0.25, 0.3) is 0 Å². The molecule has 1 aromatic rings. The summed E-state index contributed by atoms with van der Waals surface area (Å²) in [7, 11) is -3.52. The van der Waals surface area contributed by atoms with Crippen LogP contribution in [-0.4, -0.2) is 26.0 Å². The van der Waals surface area contributed by atoms with E-state index in [0.717, 1.165) is 32.2 Å². The number of aromatic nitrogens is 1. The zero-order valence-corrected chi connectivity index (χ0v) is 13.6. The zero-order valence-electron chi connectivity index (χ0n) is 12.8. The number of hydrogen-bond donors (Lipinski definition) is 2. The van der Waals surface area contributed by atoms with Gasteiger partial charge in [0, 0.05) is 25.0 Å². The smallest absolute Gasteiger partial charge is 0.244 e. The third kappa shape index (κ3) is 4.41. The van der Waals surface area contributed by atoms with E-state index in [9.17, 15) is 8.42 Å². The van der Waals surface area contributed by atoms with Crippen LogP contribution < -0.4 is 10.0 Å². The number of pyridine rings is 1. The highest BCUT2D eigenvalue weighted by Gasteiger charge is 2.26. The van der Waals surface area contributed by atoms with Gasteiger partial charge in [-0.3, -0.25) is 4.98 Å². The average molecular weight is 311 g/mol. The predicted octanol–water partition coefficient (Wildman–Crippen LogP) is 2.76. The highest BCUT2D eigenvalue weighted by Crippen LogP contribution is 2.26. The molecule has 0 bridgehead atoms. The lowest BCUT2D eigenvalue weighted by molar-refractivity contribution is 0.327. The fraction of sp³-hybridized carbons (Fsp3) is 0.667. The van der Waals surface area contributed by atoms with Crippen LogP contribution in [0.2, 0.25) is 0 Å². The molecule has 1 aliphatic rings. The molecule has 21 heavy (non-hydrogen) atoms. The van der Waals surface area contributed by atoms with Crippen molar-refractivity contribution in [1.82, 2.24) is 9.71 Å². The van der Waals surface area contributed by atoms with E-state index < -0.39 is 10.0 Å². The average Bonchev–Trinajstić information content (AvgIpc) is 2.45. The third-order valence-electron chi connectivity index (χ3n) is 3.90. The molecule has 0 aliphatic heterocycles. The Balaban J connectivity index is 2.15. The van der Waals surface area contributed by atoms with E-state index in [1.807, 2.05) is 6.92 Å². The van der Waals surface area contributed by atoms with Crippen molar-refractivity contribution in [2.75, 3.05) is 11.9 Å². The third-order valence-corrected chi connectivity index (χ3v) is 5.45. The second-order valence-corrected chi connectivity index (χ2v) is 7.57. The Kier molecular flexibility index (Phi) is 5.58. The van der Waals surface area contributed by atoms with Crippen LogP contribution in [-0.2, 0) is 10.0 Å². The molecule has 0 aromatic carbocycles. The topological polar surface area (TPSA) is 71.1 Å². The van der Waals surface area contributed by atoms with Crippen molar-refractivity contribution in [3.63, 3.8) is 0 Å².